The fourth-order valence-electron chi connectivity index (χ4n) is 3.41. The van der Waals surface area contributed by atoms with Gasteiger partial charge in [0.25, 0.3) is 0 Å². The SMILES string of the molecule is O=S(=O)(c1c[nH]c2ncccc12)N1CCC2CCC(C1)N2. The molecule has 4 rings (SSSR count). The lowest BCUT2D eigenvalue weighted by Crippen LogP contribution is -2.38. The summed E-state index contributed by atoms with van der Waals surface area (Å²) in [7, 11) is -3.47. The number of hydrogen-bond donors (Lipinski definition) is 2. The summed E-state index contributed by atoms with van der Waals surface area (Å²) in [4.78, 5) is 7.45. The molecular formula is C14H18N4O2S. The van der Waals surface area contributed by atoms with Crippen LogP contribution in [0.5, 0.6) is 0 Å². The number of pyridine rings is 1. The molecular weight excluding hydrogens is 288 g/mol. The van der Waals surface area contributed by atoms with E-state index in [-0.39, 0.29) is 6.04 Å². The summed E-state index contributed by atoms with van der Waals surface area (Å²) < 4.78 is 27.5. The maximum absolute atomic E-state index is 12.9. The molecule has 2 aromatic heterocycles. The molecule has 0 saturated carbocycles. The number of nitrogens with zero attached hydrogens (tertiary/aromatic N) is 2. The van der Waals surface area contributed by atoms with Crippen molar-refractivity contribution in [2.45, 2.75) is 36.2 Å². The van der Waals surface area contributed by atoms with Crippen LogP contribution >= 0.6 is 0 Å². The molecule has 7 heteroatoms. The van der Waals surface area contributed by atoms with Gasteiger partial charge in [0.1, 0.15) is 10.5 Å². The van der Waals surface area contributed by atoms with Gasteiger partial charge in [0, 0.05) is 43.0 Å². The van der Waals surface area contributed by atoms with Crippen LogP contribution in [-0.4, -0.2) is 47.9 Å². The van der Waals surface area contributed by atoms with Gasteiger partial charge in [-0.1, -0.05) is 0 Å². The predicted octanol–water partition coefficient (Wildman–Crippen LogP) is 1.08. The van der Waals surface area contributed by atoms with Gasteiger partial charge in [0.2, 0.25) is 10.0 Å². The highest BCUT2D eigenvalue weighted by Gasteiger charge is 2.35. The van der Waals surface area contributed by atoms with Gasteiger partial charge in [-0.05, 0) is 31.4 Å². The van der Waals surface area contributed by atoms with Gasteiger partial charge in [-0.15, -0.1) is 0 Å². The number of sulfonamides is 1. The Morgan fingerprint density at radius 1 is 1.24 bits per heavy atom. The number of aromatic nitrogens is 2. The first-order valence-corrected chi connectivity index (χ1v) is 8.77. The minimum atomic E-state index is -3.47. The number of rotatable bonds is 2. The molecule has 4 heterocycles. The zero-order chi connectivity index (χ0) is 14.4. The van der Waals surface area contributed by atoms with E-state index in [9.17, 15) is 8.42 Å². The van der Waals surface area contributed by atoms with E-state index >= 15 is 0 Å². The Balaban J connectivity index is 1.72. The molecule has 2 bridgehead atoms. The summed E-state index contributed by atoms with van der Waals surface area (Å²) >= 11 is 0. The topological polar surface area (TPSA) is 78.1 Å². The average Bonchev–Trinajstić information content (AvgIpc) is 3.02. The van der Waals surface area contributed by atoms with Crippen molar-refractivity contribution in [3.63, 3.8) is 0 Å². The molecule has 0 spiro atoms. The van der Waals surface area contributed by atoms with Crippen molar-refractivity contribution in [3.05, 3.63) is 24.5 Å². The fourth-order valence-corrected chi connectivity index (χ4v) is 5.06. The predicted molar refractivity (Wildman–Crippen MR) is 79.4 cm³/mol. The zero-order valence-electron chi connectivity index (χ0n) is 11.6. The highest BCUT2D eigenvalue weighted by Crippen LogP contribution is 2.28. The molecule has 112 valence electrons. The smallest absolute Gasteiger partial charge is 0.245 e. The van der Waals surface area contributed by atoms with Crippen molar-refractivity contribution in [2.24, 2.45) is 0 Å². The van der Waals surface area contributed by atoms with Crippen molar-refractivity contribution in [3.8, 4) is 0 Å². The molecule has 0 radical (unpaired) electrons. The maximum atomic E-state index is 12.9. The molecule has 0 aromatic carbocycles. The molecule has 21 heavy (non-hydrogen) atoms. The number of H-pyrrole nitrogens is 1. The van der Waals surface area contributed by atoms with Crippen molar-refractivity contribution in [1.29, 1.82) is 0 Å². The molecule has 2 N–H and O–H groups in total. The Morgan fingerprint density at radius 3 is 3.00 bits per heavy atom. The van der Waals surface area contributed by atoms with E-state index in [0.717, 1.165) is 19.3 Å². The Labute approximate surface area is 123 Å². The second-order valence-corrected chi connectivity index (χ2v) is 7.75. The normalized spacial score (nSPS) is 27.0. The molecule has 0 amide bonds. The summed E-state index contributed by atoms with van der Waals surface area (Å²) in [6.45, 7) is 1.15. The van der Waals surface area contributed by atoms with E-state index in [4.69, 9.17) is 0 Å². The molecule has 0 aliphatic carbocycles. The molecule has 2 fully saturated rings. The van der Waals surface area contributed by atoms with E-state index in [0.29, 0.717) is 35.1 Å². The monoisotopic (exact) mass is 306 g/mol. The third kappa shape index (κ3) is 2.16. The van der Waals surface area contributed by atoms with Gasteiger partial charge in [-0.25, -0.2) is 13.4 Å². The second-order valence-electron chi connectivity index (χ2n) is 5.84. The standard InChI is InChI=1S/C14H18N4O2S/c19-21(20,13-8-16-14-12(13)2-1-6-15-14)18-7-5-10-3-4-11(9-18)17-10/h1-2,6,8,10-11,17H,3-5,7,9H2,(H,15,16). The number of hydrogen-bond acceptors (Lipinski definition) is 4. The van der Waals surface area contributed by atoms with E-state index < -0.39 is 10.0 Å². The maximum Gasteiger partial charge on any atom is 0.245 e. The molecule has 2 unspecified atom stereocenters. The van der Waals surface area contributed by atoms with E-state index in [1.54, 1.807) is 28.8 Å². The van der Waals surface area contributed by atoms with Crippen LogP contribution in [0.1, 0.15) is 19.3 Å². The van der Waals surface area contributed by atoms with Crippen molar-refractivity contribution in [1.82, 2.24) is 19.6 Å². The van der Waals surface area contributed by atoms with Crippen LogP contribution in [0.2, 0.25) is 0 Å². The largest absolute Gasteiger partial charge is 0.345 e. The van der Waals surface area contributed by atoms with E-state index in [2.05, 4.69) is 15.3 Å². The molecule has 2 aliphatic heterocycles. The lowest BCUT2D eigenvalue weighted by atomic mass is 10.1. The summed E-state index contributed by atoms with van der Waals surface area (Å²) in [5, 5.41) is 4.18. The van der Waals surface area contributed by atoms with E-state index in [1.807, 2.05) is 0 Å². The quantitative estimate of drug-likeness (QED) is 0.870. The van der Waals surface area contributed by atoms with Gasteiger partial charge < -0.3 is 10.3 Å². The average molecular weight is 306 g/mol. The van der Waals surface area contributed by atoms with Crippen LogP contribution in [0.4, 0.5) is 0 Å². The van der Waals surface area contributed by atoms with Crippen LogP contribution in [0.15, 0.2) is 29.4 Å². The molecule has 2 aliphatic rings. The van der Waals surface area contributed by atoms with Crippen molar-refractivity contribution >= 4 is 21.1 Å². The third-order valence-corrected chi connectivity index (χ3v) is 6.42. The third-order valence-electron chi connectivity index (χ3n) is 4.52. The highest BCUT2D eigenvalue weighted by molar-refractivity contribution is 7.89. The van der Waals surface area contributed by atoms with Gasteiger partial charge >= 0.3 is 0 Å². The number of fused-ring (bicyclic) bond motifs is 3. The summed E-state index contributed by atoms with van der Waals surface area (Å²) in [6.07, 6.45) is 6.33. The zero-order valence-corrected chi connectivity index (χ0v) is 12.4. The lowest BCUT2D eigenvalue weighted by Gasteiger charge is -2.23. The molecule has 2 atom stereocenters. The summed E-state index contributed by atoms with van der Waals surface area (Å²) in [6, 6.07) is 4.32. The van der Waals surface area contributed by atoms with Crippen LogP contribution in [0, 0.1) is 0 Å². The Kier molecular flexibility index (Phi) is 3.02. The minimum Gasteiger partial charge on any atom is -0.345 e. The molecule has 2 saturated heterocycles. The van der Waals surface area contributed by atoms with Crippen molar-refractivity contribution < 1.29 is 8.42 Å². The molecule has 6 nitrogen and oxygen atoms in total. The van der Waals surface area contributed by atoms with E-state index in [1.165, 1.54) is 0 Å². The lowest BCUT2D eigenvalue weighted by molar-refractivity contribution is 0.384. The fraction of sp³-hybridized carbons (Fsp3) is 0.500. The van der Waals surface area contributed by atoms with Gasteiger partial charge in [0.15, 0.2) is 0 Å². The summed E-state index contributed by atoms with van der Waals surface area (Å²) in [5.74, 6) is 0. The first-order valence-electron chi connectivity index (χ1n) is 7.33. The highest BCUT2D eigenvalue weighted by atomic mass is 32.2. The van der Waals surface area contributed by atoms with Crippen LogP contribution in [0.3, 0.4) is 0 Å². The minimum absolute atomic E-state index is 0.288. The Bertz CT molecular complexity index is 770. The van der Waals surface area contributed by atoms with Crippen molar-refractivity contribution in [2.75, 3.05) is 13.1 Å². The van der Waals surface area contributed by atoms with Crippen LogP contribution in [-0.2, 0) is 10.0 Å². The van der Waals surface area contributed by atoms with Crippen LogP contribution < -0.4 is 5.32 Å². The first kappa shape index (κ1) is 13.2. The number of nitrogens with one attached hydrogen (secondary N) is 2. The number of aromatic amines is 1. The first-order chi connectivity index (χ1) is 10.1. The summed E-state index contributed by atoms with van der Waals surface area (Å²) in [5.41, 5.74) is 0.616. The van der Waals surface area contributed by atoms with Gasteiger partial charge in [-0.2, -0.15) is 4.31 Å². The second kappa shape index (κ2) is 4.79. The molecule has 2 aromatic rings. The van der Waals surface area contributed by atoms with Gasteiger partial charge in [0.05, 0.1) is 0 Å². The van der Waals surface area contributed by atoms with Crippen LogP contribution in [0.25, 0.3) is 11.0 Å². The van der Waals surface area contributed by atoms with Gasteiger partial charge in [-0.3, -0.25) is 0 Å². The Hall–Kier alpha value is -1.44. The Morgan fingerprint density at radius 2 is 2.10 bits per heavy atom.